The lowest BCUT2D eigenvalue weighted by Gasteiger charge is -2.17. The molecule has 1 N–H and O–H groups in total. The van der Waals surface area contributed by atoms with Crippen LogP contribution in [0, 0.1) is 0 Å². The largest absolute Gasteiger partial charge is 0.495 e. The van der Waals surface area contributed by atoms with Crippen molar-refractivity contribution >= 4 is 46.3 Å². The zero-order chi connectivity index (χ0) is 24.5. The van der Waals surface area contributed by atoms with Crippen molar-refractivity contribution < 1.29 is 28.5 Å². The smallest absolute Gasteiger partial charge is 0.258 e. The van der Waals surface area contributed by atoms with Crippen molar-refractivity contribution in [3.8, 4) is 23.0 Å². The third-order valence-electron chi connectivity index (χ3n) is 4.27. The molecule has 0 aromatic heterocycles. The van der Waals surface area contributed by atoms with Crippen molar-refractivity contribution in [1.82, 2.24) is 0 Å². The van der Waals surface area contributed by atoms with Crippen LogP contribution in [-0.4, -0.2) is 45.2 Å². The average molecular weight is 498 g/mol. The topological polar surface area (TPSA) is 108 Å². The van der Waals surface area contributed by atoms with Gasteiger partial charge in [0.15, 0.2) is 17.3 Å². The van der Waals surface area contributed by atoms with Gasteiger partial charge in [-0.25, -0.2) is 0 Å². The fraction of sp³-hybridized carbons (Fsp3) is 0.364. The Balaban J connectivity index is 2.38. The maximum Gasteiger partial charge on any atom is 0.258 e. The number of methoxy groups -OCH3 is 2. The zero-order valence-electron chi connectivity index (χ0n) is 18.9. The first kappa shape index (κ1) is 26.2. The van der Waals surface area contributed by atoms with E-state index in [1.807, 2.05) is 0 Å². The minimum Gasteiger partial charge on any atom is -0.495 e. The Bertz CT molecular complexity index is 1050. The fourth-order valence-electron chi connectivity index (χ4n) is 2.77. The second-order valence-corrected chi connectivity index (χ2v) is 7.31. The summed E-state index contributed by atoms with van der Waals surface area (Å²) in [6, 6.07) is 4.65. The standard InChI is InChI=1S/C22H25Cl2N3O6/c1-6-32-20-13(23)8-9-15(21(20)33-7-2)25-22(29)19(12(3)28)27-26-16-11-17(30-4)14(24)10-18(16)31-5/h8-11,19H,6-7H2,1-5H3,(H,25,29). The molecule has 1 amide bonds. The molecule has 0 fully saturated rings. The van der Waals surface area contributed by atoms with Crippen LogP contribution in [0.25, 0.3) is 0 Å². The molecule has 2 aromatic carbocycles. The number of Topliss-reactive ketones (excluding diaryl/α,β-unsaturated/α-hetero) is 1. The number of azo groups is 1. The summed E-state index contributed by atoms with van der Waals surface area (Å²) < 4.78 is 21.6. The molecule has 178 valence electrons. The summed E-state index contributed by atoms with van der Waals surface area (Å²) in [4.78, 5) is 25.1. The average Bonchev–Trinajstić information content (AvgIpc) is 2.78. The number of hydrogen-bond donors (Lipinski definition) is 1. The Morgan fingerprint density at radius 1 is 0.970 bits per heavy atom. The highest BCUT2D eigenvalue weighted by molar-refractivity contribution is 6.32. The van der Waals surface area contributed by atoms with Crippen molar-refractivity contribution in [3.63, 3.8) is 0 Å². The van der Waals surface area contributed by atoms with Crippen molar-refractivity contribution in [1.29, 1.82) is 0 Å². The summed E-state index contributed by atoms with van der Waals surface area (Å²) >= 11 is 12.3. The number of amides is 1. The van der Waals surface area contributed by atoms with Gasteiger partial charge in [0.25, 0.3) is 5.91 Å². The van der Waals surface area contributed by atoms with Gasteiger partial charge in [-0.1, -0.05) is 23.2 Å². The van der Waals surface area contributed by atoms with Crippen LogP contribution in [0.4, 0.5) is 11.4 Å². The summed E-state index contributed by atoms with van der Waals surface area (Å²) in [5, 5.41) is 11.3. The van der Waals surface area contributed by atoms with Crippen LogP contribution in [0.5, 0.6) is 23.0 Å². The molecule has 1 unspecified atom stereocenters. The lowest BCUT2D eigenvalue weighted by molar-refractivity contribution is -0.126. The Kier molecular flexibility index (Phi) is 9.74. The van der Waals surface area contributed by atoms with E-state index < -0.39 is 17.7 Å². The first-order valence-electron chi connectivity index (χ1n) is 9.99. The Morgan fingerprint density at radius 3 is 2.18 bits per heavy atom. The second-order valence-electron chi connectivity index (χ2n) is 6.50. The number of benzene rings is 2. The van der Waals surface area contributed by atoms with Crippen LogP contribution in [0.2, 0.25) is 10.0 Å². The number of carbonyl (C=O) groups excluding carboxylic acids is 2. The highest BCUT2D eigenvalue weighted by Gasteiger charge is 2.26. The van der Waals surface area contributed by atoms with Crippen LogP contribution in [0.1, 0.15) is 20.8 Å². The number of rotatable bonds is 11. The van der Waals surface area contributed by atoms with E-state index in [9.17, 15) is 9.59 Å². The molecule has 0 heterocycles. The van der Waals surface area contributed by atoms with Gasteiger partial charge < -0.3 is 24.3 Å². The Hall–Kier alpha value is -3.04. The normalized spacial score (nSPS) is 11.7. The number of ether oxygens (including phenoxy) is 4. The predicted octanol–water partition coefficient (Wildman–Crippen LogP) is 5.49. The number of hydrogen-bond acceptors (Lipinski definition) is 8. The number of nitrogens with zero attached hydrogens (tertiary/aromatic N) is 2. The molecular weight excluding hydrogens is 473 g/mol. The Morgan fingerprint density at radius 2 is 1.61 bits per heavy atom. The summed E-state index contributed by atoms with van der Waals surface area (Å²) in [6.07, 6.45) is 0. The van der Waals surface area contributed by atoms with Crippen molar-refractivity contribution in [2.24, 2.45) is 10.2 Å². The number of carbonyl (C=O) groups is 2. The van der Waals surface area contributed by atoms with Gasteiger partial charge in [-0.2, -0.15) is 10.2 Å². The molecule has 2 rings (SSSR count). The molecule has 9 nitrogen and oxygen atoms in total. The van der Waals surface area contributed by atoms with E-state index in [0.29, 0.717) is 34.8 Å². The highest BCUT2D eigenvalue weighted by atomic mass is 35.5. The van der Waals surface area contributed by atoms with E-state index in [-0.39, 0.29) is 22.9 Å². The van der Waals surface area contributed by atoms with Gasteiger partial charge in [0.05, 0.1) is 43.2 Å². The fourth-order valence-corrected chi connectivity index (χ4v) is 3.20. The predicted molar refractivity (Wildman–Crippen MR) is 126 cm³/mol. The summed E-state index contributed by atoms with van der Waals surface area (Å²) in [6.45, 7) is 5.46. The third-order valence-corrected chi connectivity index (χ3v) is 4.86. The van der Waals surface area contributed by atoms with E-state index >= 15 is 0 Å². The zero-order valence-corrected chi connectivity index (χ0v) is 20.4. The Labute approximate surface area is 202 Å². The molecule has 0 radical (unpaired) electrons. The summed E-state index contributed by atoms with van der Waals surface area (Å²) in [5.74, 6) is -0.0579. The molecule has 33 heavy (non-hydrogen) atoms. The molecule has 11 heteroatoms. The molecule has 0 aliphatic rings. The molecule has 0 aliphatic heterocycles. The summed E-state index contributed by atoms with van der Waals surface area (Å²) in [5.41, 5.74) is 0.514. The minimum absolute atomic E-state index is 0.234. The molecule has 1 atom stereocenters. The van der Waals surface area contributed by atoms with Gasteiger partial charge >= 0.3 is 0 Å². The van der Waals surface area contributed by atoms with Gasteiger partial charge in [-0.15, -0.1) is 0 Å². The maximum absolute atomic E-state index is 12.9. The first-order valence-corrected chi connectivity index (χ1v) is 10.7. The van der Waals surface area contributed by atoms with E-state index in [4.69, 9.17) is 42.1 Å². The molecule has 0 aliphatic carbocycles. The molecule has 0 bridgehead atoms. The second kappa shape index (κ2) is 12.3. The monoisotopic (exact) mass is 497 g/mol. The number of halogens is 2. The van der Waals surface area contributed by atoms with E-state index in [1.165, 1.54) is 33.3 Å². The molecular formula is C22H25Cl2N3O6. The quantitative estimate of drug-likeness (QED) is 0.324. The molecule has 0 saturated heterocycles. The lowest BCUT2D eigenvalue weighted by atomic mass is 10.2. The number of ketones is 1. The van der Waals surface area contributed by atoms with E-state index in [1.54, 1.807) is 26.0 Å². The van der Waals surface area contributed by atoms with Crippen LogP contribution in [0.3, 0.4) is 0 Å². The van der Waals surface area contributed by atoms with Crippen LogP contribution in [-0.2, 0) is 9.59 Å². The van der Waals surface area contributed by atoms with E-state index in [2.05, 4.69) is 15.5 Å². The summed E-state index contributed by atoms with van der Waals surface area (Å²) in [7, 11) is 2.87. The highest BCUT2D eigenvalue weighted by Crippen LogP contribution is 2.42. The number of nitrogens with one attached hydrogen (secondary N) is 1. The number of anilines is 1. The van der Waals surface area contributed by atoms with Gasteiger partial charge in [-0.05, 0) is 32.9 Å². The first-order chi connectivity index (χ1) is 15.8. The van der Waals surface area contributed by atoms with Crippen molar-refractivity contribution in [3.05, 3.63) is 34.3 Å². The maximum atomic E-state index is 12.9. The minimum atomic E-state index is -1.43. The van der Waals surface area contributed by atoms with Crippen molar-refractivity contribution in [2.45, 2.75) is 26.8 Å². The van der Waals surface area contributed by atoms with Gasteiger partial charge in [0, 0.05) is 12.1 Å². The van der Waals surface area contributed by atoms with Gasteiger partial charge in [0.2, 0.25) is 6.04 Å². The van der Waals surface area contributed by atoms with Crippen LogP contribution >= 0.6 is 23.2 Å². The molecule has 2 aromatic rings. The molecule has 0 saturated carbocycles. The van der Waals surface area contributed by atoms with Crippen LogP contribution < -0.4 is 24.3 Å². The molecule has 0 spiro atoms. The lowest BCUT2D eigenvalue weighted by Crippen LogP contribution is -2.32. The van der Waals surface area contributed by atoms with Crippen LogP contribution in [0.15, 0.2) is 34.5 Å². The van der Waals surface area contributed by atoms with Crippen molar-refractivity contribution in [2.75, 3.05) is 32.8 Å². The van der Waals surface area contributed by atoms with Gasteiger partial charge in [-0.3, -0.25) is 9.59 Å². The third kappa shape index (κ3) is 6.49. The SMILES string of the molecule is CCOc1c(Cl)ccc(NC(=O)C(N=Nc2cc(OC)c(Cl)cc2OC)C(C)=O)c1OCC. The van der Waals surface area contributed by atoms with E-state index in [0.717, 1.165) is 0 Å². The van der Waals surface area contributed by atoms with Gasteiger partial charge in [0.1, 0.15) is 17.2 Å².